The molecule has 2 nitrogen and oxygen atoms in total. The maximum absolute atomic E-state index is 11.6. The van der Waals surface area contributed by atoms with Gasteiger partial charge in [-0.3, -0.25) is 4.79 Å². The fourth-order valence-corrected chi connectivity index (χ4v) is 1.44. The summed E-state index contributed by atoms with van der Waals surface area (Å²) < 4.78 is 0. The lowest BCUT2D eigenvalue weighted by molar-refractivity contribution is -0.137. The van der Waals surface area contributed by atoms with Crippen LogP contribution in [0.5, 0.6) is 0 Å². The molecule has 0 fully saturated rings. The van der Waals surface area contributed by atoms with Gasteiger partial charge in [-0.15, -0.1) is 0 Å². The van der Waals surface area contributed by atoms with Crippen molar-refractivity contribution in [2.24, 2.45) is 5.92 Å². The Morgan fingerprint density at radius 2 is 2.31 bits per heavy atom. The Kier molecular flexibility index (Phi) is 2.71. The summed E-state index contributed by atoms with van der Waals surface area (Å²) in [6.45, 7) is 6.88. The normalized spacial score (nSPS) is 23.3. The second kappa shape index (κ2) is 3.46. The highest BCUT2D eigenvalue weighted by atomic mass is 16.3. The molecular formula is C11H16O2. The van der Waals surface area contributed by atoms with Crippen LogP contribution >= 0.6 is 0 Å². The molecule has 0 saturated carbocycles. The summed E-state index contributed by atoms with van der Waals surface area (Å²) >= 11 is 0. The average Bonchev–Trinajstić information content (AvgIpc) is 2.03. The largest absolute Gasteiger partial charge is 0.383 e. The Morgan fingerprint density at radius 3 is 2.69 bits per heavy atom. The summed E-state index contributed by atoms with van der Waals surface area (Å²) in [7, 11) is 0. The van der Waals surface area contributed by atoms with Gasteiger partial charge in [-0.2, -0.15) is 0 Å². The van der Waals surface area contributed by atoms with Crippen LogP contribution in [0.3, 0.4) is 0 Å². The van der Waals surface area contributed by atoms with Crippen LogP contribution in [-0.2, 0) is 4.79 Å². The van der Waals surface area contributed by atoms with Crippen LogP contribution in [-0.4, -0.2) is 16.5 Å². The lowest BCUT2D eigenvalue weighted by Gasteiger charge is -2.23. The number of allylic oxidation sites excluding steroid dienone is 3. The fourth-order valence-electron chi connectivity index (χ4n) is 1.44. The summed E-state index contributed by atoms with van der Waals surface area (Å²) in [5, 5.41) is 9.50. The molecule has 1 unspecified atom stereocenters. The predicted molar refractivity (Wildman–Crippen MR) is 52.3 cm³/mol. The lowest BCUT2D eigenvalue weighted by Crippen LogP contribution is -2.36. The molecule has 1 atom stereocenters. The molecule has 0 spiro atoms. The van der Waals surface area contributed by atoms with E-state index in [1.165, 1.54) is 13.8 Å². The van der Waals surface area contributed by atoms with Gasteiger partial charge in [-0.05, 0) is 26.7 Å². The van der Waals surface area contributed by atoms with E-state index in [9.17, 15) is 9.90 Å². The summed E-state index contributed by atoms with van der Waals surface area (Å²) in [5.41, 5.74) is -0.159. The third-order valence-corrected chi connectivity index (χ3v) is 2.28. The molecule has 1 aliphatic rings. The van der Waals surface area contributed by atoms with Gasteiger partial charge in [0.05, 0.1) is 0 Å². The highest BCUT2D eigenvalue weighted by Crippen LogP contribution is 2.24. The van der Waals surface area contributed by atoms with E-state index in [0.717, 1.165) is 18.4 Å². The summed E-state index contributed by atoms with van der Waals surface area (Å²) in [6.07, 6.45) is 5.34. The molecule has 0 aromatic rings. The van der Waals surface area contributed by atoms with E-state index in [2.05, 4.69) is 6.58 Å². The first kappa shape index (κ1) is 10.2. The fraction of sp³-hybridized carbons (Fsp3) is 0.545. The third kappa shape index (κ3) is 2.52. The summed E-state index contributed by atoms with van der Waals surface area (Å²) in [5.74, 6) is -0.234. The number of rotatable bonds is 2. The number of Topliss-reactive ketones (excluding diaryl/α,β-unsaturated/α-hetero) is 1. The minimum Gasteiger partial charge on any atom is -0.383 e. The number of carbonyl (C=O) groups is 1. The van der Waals surface area contributed by atoms with Crippen molar-refractivity contribution in [3.63, 3.8) is 0 Å². The van der Waals surface area contributed by atoms with Crippen LogP contribution in [0.2, 0.25) is 0 Å². The van der Waals surface area contributed by atoms with Crippen molar-refractivity contribution < 1.29 is 9.90 Å². The molecule has 1 N–H and O–H groups in total. The maximum atomic E-state index is 11.6. The quantitative estimate of drug-likeness (QED) is 0.704. The molecular weight excluding hydrogens is 164 g/mol. The number of hydrogen-bond acceptors (Lipinski definition) is 2. The van der Waals surface area contributed by atoms with Gasteiger partial charge in [0.2, 0.25) is 0 Å². The molecule has 0 radical (unpaired) electrons. The first-order valence-electron chi connectivity index (χ1n) is 4.54. The second-order valence-corrected chi connectivity index (χ2v) is 4.09. The summed E-state index contributed by atoms with van der Waals surface area (Å²) in [4.78, 5) is 11.6. The zero-order chi connectivity index (χ0) is 10.1. The zero-order valence-electron chi connectivity index (χ0n) is 8.21. The SMILES string of the molecule is C=C1C=CC(C(=O)C(C)(C)O)CC1. The third-order valence-electron chi connectivity index (χ3n) is 2.28. The van der Waals surface area contributed by atoms with Gasteiger partial charge in [0.1, 0.15) is 5.60 Å². The topological polar surface area (TPSA) is 37.3 Å². The van der Waals surface area contributed by atoms with Gasteiger partial charge in [-0.25, -0.2) is 0 Å². The average molecular weight is 180 g/mol. The monoisotopic (exact) mass is 180 g/mol. The molecule has 0 aliphatic heterocycles. The van der Waals surface area contributed by atoms with Crippen molar-refractivity contribution in [3.05, 3.63) is 24.3 Å². The van der Waals surface area contributed by atoms with E-state index in [0.29, 0.717) is 0 Å². The van der Waals surface area contributed by atoms with E-state index in [1.807, 2.05) is 12.2 Å². The van der Waals surface area contributed by atoms with Gasteiger partial charge < -0.3 is 5.11 Å². The molecule has 0 aromatic heterocycles. The highest BCUT2D eigenvalue weighted by molar-refractivity contribution is 5.90. The smallest absolute Gasteiger partial charge is 0.170 e. The van der Waals surface area contributed by atoms with Gasteiger partial charge in [-0.1, -0.05) is 24.3 Å². The van der Waals surface area contributed by atoms with E-state index in [4.69, 9.17) is 0 Å². The predicted octanol–water partition coefficient (Wildman–Crippen LogP) is 1.85. The number of carbonyl (C=O) groups excluding carboxylic acids is 1. The van der Waals surface area contributed by atoms with Crippen LogP contribution in [0.15, 0.2) is 24.3 Å². The Labute approximate surface area is 79.0 Å². The molecule has 0 bridgehead atoms. The zero-order valence-corrected chi connectivity index (χ0v) is 8.21. The standard InChI is InChI=1S/C11H16O2/c1-8-4-6-9(7-5-8)10(12)11(2,3)13/h4,6,9,13H,1,5,7H2,2-3H3. The molecule has 0 saturated heterocycles. The second-order valence-electron chi connectivity index (χ2n) is 4.09. The number of hydrogen-bond donors (Lipinski definition) is 1. The van der Waals surface area contributed by atoms with Gasteiger partial charge >= 0.3 is 0 Å². The van der Waals surface area contributed by atoms with E-state index < -0.39 is 5.60 Å². The Morgan fingerprint density at radius 1 is 1.69 bits per heavy atom. The van der Waals surface area contributed by atoms with Crippen molar-refractivity contribution in [3.8, 4) is 0 Å². The molecule has 72 valence electrons. The lowest BCUT2D eigenvalue weighted by atomic mass is 9.84. The van der Waals surface area contributed by atoms with Crippen LogP contribution in [0.4, 0.5) is 0 Å². The van der Waals surface area contributed by atoms with Crippen molar-refractivity contribution in [1.29, 1.82) is 0 Å². The Hall–Kier alpha value is -0.890. The van der Waals surface area contributed by atoms with E-state index in [1.54, 1.807) is 0 Å². The van der Waals surface area contributed by atoms with Crippen LogP contribution in [0.1, 0.15) is 26.7 Å². The molecule has 1 aliphatic carbocycles. The van der Waals surface area contributed by atoms with Crippen LogP contribution in [0, 0.1) is 5.92 Å². The number of aliphatic hydroxyl groups is 1. The van der Waals surface area contributed by atoms with Crippen molar-refractivity contribution in [1.82, 2.24) is 0 Å². The molecule has 0 aromatic carbocycles. The first-order chi connectivity index (χ1) is 5.91. The molecule has 1 rings (SSSR count). The van der Waals surface area contributed by atoms with Crippen molar-refractivity contribution >= 4 is 5.78 Å². The minimum absolute atomic E-state index is 0.101. The Bertz CT molecular complexity index is 256. The van der Waals surface area contributed by atoms with Gasteiger partial charge in [0.15, 0.2) is 5.78 Å². The van der Waals surface area contributed by atoms with E-state index >= 15 is 0 Å². The van der Waals surface area contributed by atoms with E-state index in [-0.39, 0.29) is 11.7 Å². The molecule has 0 heterocycles. The maximum Gasteiger partial charge on any atom is 0.170 e. The van der Waals surface area contributed by atoms with Crippen molar-refractivity contribution in [2.75, 3.05) is 0 Å². The van der Waals surface area contributed by atoms with Gasteiger partial charge in [0.25, 0.3) is 0 Å². The first-order valence-corrected chi connectivity index (χ1v) is 4.54. The summed E-state index contributed by atoms with van der Waals surface area (Å²) in [6, 6.07) is 0. The molecule has 13 heavy (non-hydrogen) atoms. The number of ketones is 1. The highest BCUT2D eigenvalue weighted by Gasteiger charge is 2.30. The molecule has 2 heteroatoms. The molecule has 0 amide bonds. The van der Waals surface area contributed by atoms with Gasteiger partial charge in [0, 0.05) is 5.92 Å². The van der Waals surface area contributed by atoms with Crippen LogP contribution in [0.25, 0.3) is 0 Å². The van der Waals surface area contributed by atoms with Crippen LogP contribution < -0.4 is 0 Å². The van der Waals surface area contributed by atoms with Crippen molar-refractivity contribution in [2.45, 2.75) is 32.3 Å². The minimum atomic E-state index is -1.21. The Balaban J connectivity index is 2.70.